The average molecular weight is 221 g/mol. The number of ketones is 1. The number of amides is 1. The monoisotopic (exact) mass is 221 g/mol. The highest BCUT2D eigenvalue weighted by atomic mass is 16.4. The van der Waals surface area contributed by atoms with Gasteiger partial charge in [0.2, 0.25) is 0 Å². The second-order valence-electron chi connectivity index (χ2n) is 3.48. The zero-order chi connectivity index (χ0) is 11.8. The van der Waals surface area contributed by atoms with Crippen molar-refractivity contribution in [3.8, 4) is 0 Å². The van der Waals surface area contributed by atoms with Crippen LogP contribution in [0.4, 0.5) is 4.79 Å². The second kappa shape index (κ2) is 6.61. The number of hydrogen-bond acceptors (Lipinski definition) is 2. The Bertz CT molecular complexity index is 349. The lowest BCUT2D eigenvalue weighted by molar-refractivity contribution is 0.0979. The molecule has 0 atom stereocenters. The summed E-state index contributed by atoms with van der Waals surface area (Å²) in [4.78, 5) is 21.7. The van der Waals surface area contributed by atoms with Crippen LogP contribution in [-0.2, 0) is 0 Å². The van der Waals surface area contributed by atoms with Crippen LogP contribution in [0, 0.1) is 0 Å². The summed E-state index contributed by atoms with van der Waals surface area (Å²) in [5.41, 5.74) is 0.716. The highest BCUT2D eigenvalue weighted by Gasteiger charge is 2.04. The third-order valence-corrected chi connectivity index (χ3v) is 2.20. The van der Waals surface area contributed by atoms with E-state index in [0.717, 1.165) is 0 Å². The molecular formula is C12H15NO3. The minimum Gasteiger partial charge on any atom is -0.465 e. The predicted molar refractivity (Wildman–Crippen MR) is 60.7 cm³/mol. The Morgan fingerprint density at radius 2 is 1.81 bits per heavy atom. The number of carbonyl (C=O) groups is 2. The van der Waals surface area contributed by atoms with E-state index < -0.39 is 6.09 Å². The molecule has 0 unspecified atom stereocenters. The molecule has 0 radical (unpaired) electrons. The molecule has 0 aliphatic carbocycles. The quantitative estimate of drug-likeness (QED) is 0.572. The van der Waals surface area contributed by atoms with Crippen LogP contribution in [0.25, 0.3) is 0 Å². The van der Waals surface area contributed by atoms with Crippen LogP contribution >= 0.6 is 0 Å². The molecule has 0 saturated heterocycles. The van der Waals surface area contributed by atoms with Gasteiger partial charge < -0.3 is 10.4 Å². The lowest BCUT2D eigenvalue weighted by Gasteiger charge is -2.01. The molecule has 0 saturated carbocycles. The van der Waals surface area contributed by atoms with Crippen LogP contribution in [0.5, 0.6) is 0 Å². The fourth-order valence-electron chi connectivity index (χ4n) is 1.37. The van der Waals surface area contributed by atoms with E-state index in [4.69, 9.17) is 5.11 Å². The van der Waals surface area contributed by atoms with E-state index in [-0.39, 0.29) is 5.78 Å². The third kappa shape index (κ3) is 4.59. The summed E-state index contributed by atoms with van der Waals surface area (Å²) in [5.74, 6) is 0.107. The highest BCUT2D eigenvalue weighted by molar-refractivity contribution is 5.95. The lowest BCUT2D eigenvalue weighted by atomic mass is 10.1. The van der Waals surface area contributed by atoms with Crippen LogP contribution in [0.15, 0.2) is 30.3 Å². The molecule has 1 aromatic rings. The minimum atomic E-state index is -1.02. The van der Waals surface area contributed by atoms with Crippen molar-refractivity contribution in [3.05, 3.63) is 35.9 Å². The Morgan fingerprint density at radius 1 is 1.12 bits per heavy atom. The highest BCUT2D eigenvalue weighted by Crippen LogP contribution is 2.06. The summed E-state index contributed by atoms with van der Waals surface area (Å²) < 4.78 is 0. The van der Waals surface area contributed by atoms with Gasteiger partial charge in [-0.2, -0.15) is 0 Å². The molecule has 0 heterocycles. The van der Waals surface area contributed by atoms with Gasteiger partial charge in [0, 0.05) is 18.5 Å². The fourth-order valence-corrected chi connectivity index (χ4v) is 1.37. The second-order valence-corrected chi connectivity index (χ2v) is 3.48. The number of carbonyl (C=O) groups excluding carboxylic acids is 1. The van der Waals surface area contributed by atoms with Crippen LogP contribution in [0.1, 0.15) is 29.6 Å². The van der Waals surface area contributed by atoms with E-state index in [1.165, 1.54) is 0 Å². The molecule has 16 heavy (non-hydrogen) atoms. The molecular weight excluding hydrogens is 206 g/mol. The Balaban J connectivity index is 2.19. The van der Waals surface area contributed by atoms with E-state index in [9.17, 15) is 9.59 Å². The molecule has 0 bridgehead atoms. The van der Waals surface area contributed by atoms with Gasteiger partial charge in [0.05, 0.1) is 0 Å². The van der Waals surface area contributed by atoms with Crippen molar-refractivity contribution in [2.45, 2.75) is 19.3 Å². The van der Waals surface area contributed by atoms with Gasteiger partial charge in [-0.3, -0.25) is 4.79 Å². The number of benzene rings is 1. The van der Waals surface area contributed by atoms with Gasteiger partial charge in [0.15, 0.2) is 5.78 Å². The van der Waals surface area contributed by atoms with Crippen LogP contribution in [0.3, 0.4) is 0 Å². The molecule has 1 aromatic carbocycles. The van der Waals surface area contributed by atoms with E-state index in [0.29, 0.717) is 31.4 Å². The molecule has 4 heteroatoms. The first-order valence-electron chi connectivity index (χ1n) is 5.25. The molecule has 86 valence electrons. The first-order valence-corrected chi connectivity index (χ1v) is 5.25. The Morgan fingerprint density at radius 3 is 2.44 bits per heavy atom. The van der Waals surface area contributed by atoms with Crippen LogP contribution in [0.2, 0.25) is 0 Å². The SMILES string of the molecule is O=C(O)NCCCCC(=O)c1ccccc1. The van der Waals surface area contributed by atoms with Crippen LogP contribution in [-0.4, -0.2) is 23.5 Å². The van der Waals surface area contributed by atoms with Crippen molar-refractivity contribution in [1.29, 1.82) is 0 Å². The lowest BCUT2D eigenvalue weighted by Crippen LogP contribution is -2.21. The van der Waals surface area contributed by atoms with E-state index in [2.05, 4.69) is 5.32 Å². The van der Waals surface area contributed by atoms with Gasteiger partial charge in [-0.25, -0.2) is 4.79 Å². The first-order chi connectivity index (χ1) is 7.70. The standard InChI is InChI=1S/C12H15NO3/c14-11(10-6-2-1-3-7-10)8-4-5-9-13-12(15)16/h1-3,6-7,13H,4-5,8-9H2,(H,15,16). The molecule has 1 amide bonds. The maximum atomic E-state index is 11.6. The Labute approximate surface area is 94.3 Å². The molecule has 0 fully saturated rings. The van der Waals surface area contributed by atoms with Gasteiger partial charge >= 0.3 is 6.09 Å². The smallest absolute Gasteiger partial charge is 0.404 e. The number of rotatable bonds is 6. The molecule has 0 aliphatic rings. The number of nitrogens with one attached hydrogen (secondary N) is 1. The zero-order valence-corrected chi connectivity index (χ0v) is 8.98. The Hall–Kier alpha value is -1.84. The number of Topliss-reactive ketones (excluding diaryl/α,β-unsaturated/α-hetero) is 1. The minimum absolute atomic E-state index is 0.107. The maximum absolute atomic E-state index is 11.6. The summed E-state index contributed by atoms with van der Waals surface area (Å²) in [6.45, 7) is 0.400. The van der Waals surface area contributed by atoms with Gasteiger partial charge in [-0.1, -0.05) is 30.3 Å². The molecule has 1 rings (SSSR count). The topological polar surface area (TPSA) is 66.4 Å². The molecule has 0 spiro atoms. The van der Waals surface area contributed by atoms with E-state index in [1.54, 1.807) is 12.1 Å². The predicted octanol–water partition coefficient (Wildman–Crippen LogP) is 2.31. The van der Waals surface area contributed by atoms with Crippen molar-refractivity contribution >= 4 is 11.9 Å². The summed E-state index contributed by atoms with van der Waals surface area (Å²) in [6, 6.07) is 9.11. The largest absolute Gasteiger partial charge is 0.465 e. The molecule has 0 aromatic heterocycles. The number of unbranched alkanes of at least 4 members (excludes halogenated alkanes) is 1. The Kier molecular flexibility index (Phi) is 5.05. The third-order valence-electron chi connectivity index (χ3n) is 2.20. The summed E-state index contributed by atoms with van der Waals surface area (Å²) in [5, 5.41) is 10.6. The van der Waals surface area contributed by atoms with E-state index >= 15 is 0 Å². The van der Waals surface area contributed by atoms with Crippen molar-refractivity contribution < 1.29 is 14.7 Å². The average Bonchev–Trinajstić information content (AvgIpc) is 2.29. The van der Waals surface area contributed by atoms with Crippen molar-refractivity contribution in [3.63, 3.8) is 0 Å². The van der Waals surface area contributed by atoms with Gasteiger partial charge in [-0.05, 0) is 12.8 Å². The maximum Gasteiger partial charge on any atom is 0.404 e. The zero-order valence-electron chi connectivity index (χ0n) is 8.98. The molecule has 4 nitrogen and oxygen atoms in total. The molecule has 0 aliphatic heterocycles. The molecule has 2 N–H and O–H groups in total. The number of hydrogen-bond donors (Lipinski definition) is 2. The van der Waals surface area contributed by atoms with Crippen molar-refractivity contribution in [1.82, 2.24) is 5.32 Å². The van der Waals surface area contributed by atoms with Gasteiger partial charge in [0.1, 0.15) is 0 Å². The van der Waals surface area contributed by atoms with Crippen molar-refractivity contribution in [2.24, 2.45) is 0 Å². The van der Waals surface area contributed by atoms with Gasteiger partial charge in [0.25, 0.3) is 0 Å². The number of carboxylic acid groups (broad SMARTS) is 1. The van der Waals surface area contributed by atoms with Gasteiger partial charge in [-0.15, -0.1) is 0 Å². The fraction of sp³-hybridized carbons (Fsp3) is 0.333. The normalized spacial score (nSPS) is 9.75. The summed E-state index contributed by atoms with van der Waals surface area (Å²) in [7, 11) is 0. The van der Waals surface area contributed by atoms with Crippen molar-refractivity contribution in [2.75, 3.05) is 6.54 Å². The summed E-state index contributed by atoms with van der Waals surface area (Å²) in [6.07, 6.45) is 0.832. The van der Waals surface area contributed by atoms with Crippen LogP contribution < -0.4 is 5.32 Å². The first kappa shape index (κ1) is 12.2. The van der Waals surface area contributed by atoms with E-state index in [1.807, 2.05) is 18.2 Å². The summed E-state index contributed by atoms with van der Waals surface area (Å²) >= 11 is 0.